The second kappa shape index (κ2) is 3.34. The number of pyridine rings is 1. The summed E-state index contributed by atoms with van der Waals surface area (Å²) in [7, 11) is 0. The summed E-state index contributed by atoms with van der Waals surface area (Å²) in [6, 6.07) is 0.935. The summed E-state index contributed by atoms with van der Waals surface area (Å²) in [5.41, 5.74) is 9.61. The van der Waals surface area contributed by atoms with Crippen molar-refractivity contribution in [3.8, 4) is 0 Å². The molecule has 6 heteroatoms. The normalized spacial score (nSPS) is 10.4. The van der Waals surface area contributed by atoms with E-state index in [2.05, 4.69) is 4.98 Å². The van der Waals surface area contributed by atoms with E-state index >= 15 is 0 Å². The van der Waals surface area contributed by atoms with Gasteiger partial charge in [-0.05, 0) is 6.07 Å². The molecule has 0 aliphatic heterocycles. The number of aromatic nitrogens is 1. The van der Waals surface area contributed by atoms with Gasteiger partial charge in [-0.3, -0.25) is 4.79 Å². The quantitative estimate of drug-likeness (QED) is 0.676. The fourth-order valence-corrected chi connectivity index (χ4v) is 0.925. The van der Waals surface area contributed by atoms with Crippen molar-refractivity contribution in [2.75, 3.05) is 11.5 Å². The fourth-order valence-electron chi connectivity index (χ4n) is 0.925. The average Bonchev–Trinajstić information content (AvgIpc) is 2.02. The SMILES string of the molecule is Nc1cc(C(F)F)c(C=O)c(N)n1. The highest BCUT2D eigenvalue weighted by Gasteiger charge is 2.16. The van der Waals surface area contributed by atoms with Crippen molar-refractivity contribution >= 4 is 17.9 Å². The molecule has 0 radical (unpaired) electrons. The van der Waals surface area contributed by atoms with Crippen LogP contribution in [0.5, 0.6) is 0 Å². The minimum atomic E-state index is -2.78. The molecule has 0 unspecified atom stereocenters. The van der Waals surface area contributed by atoms with E-state index in [0.717, 1.165) is 6.07 Å². The highest BCUT2D eigenvalue weighted by Crippen LogP contribution is 2.26. The number of nitrogens with two attached hydrogens (primary N) is 2. The van der Waals surface area contributed by atoms with Crippen LogP contribution in [0.1, 0.15) is 22.3 Å². The molecule has 1 heterocycles. The number of rotatable bonds is 2. The van der Waals surface area contributed by atoms with Gasteiger partial charge in [-0.15, -0.1) is 0 Å². The molecule has 0 aromatic carbocycles. The van der Waals surface area contributed by atoms with Gasteiger partial charge in [0.15, 0.2) is 6.29 Å². The lowest BCUT2D eigenvalue weighted by atomic mass is 10.1. The van der Waals surface area contributed by atoms with Gasteiger partial charge in [0.25, 0.3) is 6.43 Å². The lowest BCUT2D eigenvalue weighted by Crippen LogP contribution is -2.05. The molecule has 1 aromatic rings. The Morgan fingerprint density at radius 1 is 1.46 bits per heavy atom. The van der Waals surface area contributed by atoms with Gasteiger partial charge in [-0.2, -0.15) is 0 Å². The van der Waals surface area contributed by atoms with Crippen molar-refractivity contribution in [3.05, 3.63) is 17.2 Å². The van der Waals surface area contributed by atoms with Gasteiger partial charge < -0.3 is 11.5 Å². The first-order chi connectivity index (χ1) is 6.06. The van der Waals surface area contributed by atoms with E-state index < -0.39 is 12.0 Å². The minimum absolute atomic E-state index is 0.126. The Labute approximate surface area is 72.6 Å². The number of anilines is 2. The van der Waals surface area contributed by atoms with Crippen LogP contribution in [0, 0.1) is 0 Å². The topological polar surface area (TPSA) is 82.0 Å². The van der Waals surface area contributed by atoms with Crippen LogP contribution < -0.4 is 11.5 Å². The highest BCUT2D eigenvalue weighted by molar-refractivity contribution is 5.84. The van der Waals surface area contributed by atoms with Crippen LogP contribution in [0.2, 0.25) is 0 Å². The van der Waals surface area contributed by atoms with E-state index in [1.807, 2.05) is 0 Å². The van der Waals surface area contributed by atoms with E-state index in [1.165, 1.54) is 0 Å². The summed E-state index contributed by atoms with van der Waals surface area (Å²) in [5.74, 6) is -0.399. The number of nitrogens with zero attached hydrogens (tertiary/aromatic N) is 1. The Hall–Kier alpha value is -1.72. The number of halogens is 2. The molecule has 0 saturated heterocycles. The molecule has 4 nitrogen and oxygen atoms in total. The van der Waals surface area contributed by atoms with Gasteiger partial charge in [0.2, 0.25) is 0 Å². The molecule has 0 saturated carbocycles. The van der Waals surface area contributed by atoms with Gasteiger partial charge in [-0.1, -0.05) is 0 Å². The molecule has 0 fully saturated rings. The largest absolute Gasteiger partial charge is 0.384 e. The number of carbonyl (C=O) groups is 1. The van der Waals surface area contributed by atoms with Crippen molar-refractivity contribution in [1.29, 1.82) is 0 Å². The second-order valence-corrected chi connectivity index (χ2v) is 2.35. The molecule has 0 aliphatic carbocycles. The first kappa shape index (κ1) is 9.37. The molecule has 1 aromatic heterocycles. The smallest absolute Gasteiger partial charge is 0.264 e. The Morgan fingerprint density at radius 2 is 2.08 bits per heavy atom. The number of hydrogen-bond donors (Lipinski definition) is 2. The van der Waals surface area contributed by atoms with E-state index in [-0.39, 0.29) is 23.5 Å². The zero-order valence-corrected chi connectivity index (χ0v) is 6.50. The Kier molecular flexibility index (Phi) is 2.41. The third-order valence-corrected chi connectivity index (χ3v) is 1.49. The predicted octanol–water partition coefficient (Wildman–Crippen LogP) is 0.996. The molecule has 4 N–H and O–H groups in total. The third-order valence-electron chi connectivity index (χ3n) is 1.49. The number of aldehydes is 1. The van der Waals surface area contributed by atoms with Gasteiger partial charge in [-0.25, -0.2) is 13.8 Å². The fraction of sp³-hybridized carbons (Fsp3) is 0.143. The number of hydrogen-bond acceptors (Lipinski definition) is 4. The van der Waals surface area contributed by atoms with Crippen molar-refractivity contribution in [1.82, 2.24) is 4.98 Å². The van der Waals surface area contributed by atoms with Crippen LogP contribution in [-0.2, 0) is 0 Å². The van der Waals surface area contributed by atoms with E-state index in [0.29, 0.717) is 0 Å². The van der Waals surface area contributed by atoms with Crippen LogP contribution in [-0.4, -0.2) is 11.3 Å². The van der Waals surface area contributed by atoms with Crippen molar-refractivity contribution < 1.29 is 13.6 Å². The Balaban J connectivity index is 3.38. The third kappa shape index (κ3) is 1.71. The summed E-state index contributed by atoms with van der Waals surface area (Å²) >= 11 is 0. The number of alkyl halides is 2. The molecule has 0 atom stereocenters. The van der Waals surface area contributed by atoms with Gasteiger partial charge in [0.05, 0.1) is 5.56 Å². The summed E-state index contributed by atoms with van der Waals surface area (Å²) in [6.45, 7) is 0. The molecule has 70 valence electrons. The zero-order valence-electron chi connectivity index (χ0n) is 6.50. The van der Waals surface area contributed by atoms with Crippen LogP contribution in [0.3, 0.4) is 0 Å². The molecule has 0 aliphatic rings. The number of nitrogen functional groups attached to an aromatic ring is 2. The van der Waals surface area contributed by atoms with Crippen LogP contribution in [0.15, 0.2) is 6.07 Å². The first-order valence-corrected chi connectivity index (χ1v) is 3.35. The lowest BCUT2D eigenvalue weighted by molar-refractivity contribution is 0.110. The lowest BCUT2D eigenvalue weighted by Gasteiger charge is -2.06. The maximum Gasteiger partial charge on any atom is 0.264 e. The van der Waals surface area contributed by atoms with E-state index in [1.54, 1.807) is 0 Å². The average molecular weight is 187 g/mol. The Bertz CT molecular complexity index is 341. The van der Waals surface area contributed by atoms with E-state index in [4.69, 9.17) is 11.5 Å². The molecule has 1 rings (SSSR count). The predicted molar refractivity (Wildman–Crippen MR) is 43.4 cm³/mol. The zero-order chi connectivity index (χ0) is 10.0. The molecular formula is C7H7F2N3O. The van der Waals surface area contributed by atoms with Crippen molar-refractivity contribution in [3.63, 3.8) is 0 Å². The Morgan fingerprint density at radius 3 is 2.54 bits per heavy atom. The van der Waals surface area contributed by atoms with Crippen LogP contribution in [0.4, 0.5) is 20.4 Å². The number of carbonyl (C=O) groups excluding carboxylic acids is 1. The summed E-state index contributed by atoms with van der Waals surface area (Å²) < 4.78 is 24.6. The molecule has 0 bridgehead atoms. The van der Waals surface area contributed by atoms with Crippen molar-refractivity contribution in [2.24, 2.45) is 0 Å². The maximum absolute atomic E-state index is 12.3. The maximum atomic E-state index is 12.3. The summed E-state index contributed by atoms with van der Waals surface area (Å²) in [4.78, 5) is 13.8. The van der Waals surface area contributed by atoms with Crippen LogP contribution >= 0.6 is 0 Å². The molecule has 0 spiro atoms. The van der Waals surface area contributed by atoms with Gasteiger partial charge >= 0.3 is 0 Å². The van der Waals surface area contributed by atoms with Gasteiger partial charge in [0.1, 0.15) is 11.6 Å². The first-order valence-electron chi connectivity index (χ1n) is 3.35. The summed E-state index contributed by atoms with van der Waals surface area (Å²) in [5, 5.41) is 0. The second-order valence-electron chi connectivity index (χ2n) is 2.35. The van der Waals surface area contributed by atoms with Crippen LogP contribution in [0.25, 0.3) is 0 Å². The summed E-state index contributed by atoms with van der Waals surface area (Å²) in [6.07, 6.45) is -2.55. The molecular weight excluding hydrogens is 180 g/mol. The van der Waals surface area contributed by atoms with E-state index in [9.17, 15) is 13.6 Å². The highest BCUT2D eigenvalue weighted by atomic mass is 19.3. The minimum Gasteiger partial charge on any atom is -0.384 e. The molecule has 13 heavy (non-hydrogen) atoms. The molecule has 0 amide bonds. The van der Waals surface area contributed by atoms with Gasteiger partial charge in [0, 0.05) is 5.56 Å². The standard InChI is InChI=1S/C7H7F2N3O/c8-6(9)3-1-5(10)12-7(11)4(3)2-13/h1-2,6H,(H4,10,11,12). The van der Waals surface area contributed by atoms with Crippen molar-refractivity contribution in [2.45, 2.75) is 6.43 Å². The monoisotopic (exact) mass is 187 g/mol.